The normalized spacial score (nSPS) is 14.8. The van der Waals surface area contributed by atoms with Crippen molar-refractivity contribution in [2.24, 2.45) is 0 Å². The van der Waals surface area contributed by atoms with Gasteiger partial charge in [-0.2, -0.15) is 0 Å². The summed E-state index contributed by atoms with van der Waals surface area (Å²) < 4.78 is 23.9. The third-order valence-electron chi connectivity index (χ3n) is 5.99. The lowest BCUT2D eigenvalue weighted by atomic mass is 9.90. The van der Waals surface area contributed by atoms with Crippen LogP contribution in [0, 0.1) is 0 Å². The van der Waals surface area contributed by atoms with Crippen LogP contribution in [0.3, 0.4) is 0 Å². The Bertz CT molecular complexity index is 1330. The molecule has 2 aliphatic heterocycles. The predicted octanol–water partition coefficient (Wildman–Crippen LogP) is 6.99. The summed E-state index contributed by atoms with van der Waals surface area (Å²) >= 11 is 3.36. The van der Waals surface area contributed by atoms with Crippen LogP contribution < -0.4 is 18.9 Å². The van der Waals surface area contributed by atoms with Gasteiger partial charge in [0.05, 0.1) is 9.75 Å². The molecule has 2 aromatic heterocycles. The lowest BCUT2D eigenvalue weighted by molar-refractivity contribution is 0.174. The van der Waals surface area contributed by atoms with Crippen LogP contribution in [0.5, 0.6) is 23.0 Å². The molecule has 0 spiro atoms. The van der Waals surface area contributed by atoms with E-state index in [1.165, 1.54) is 32.7 Å². The lowest BCUT2D eigenvalue weighted by Crippen LogP contribution is -2.14. The molecule has 0 radical (unpaired) electrons. The molecule has 0 atom stereocenters. The standard InChI is InChI=1S/C26H18O4S2/c1-2-6-16-15(5-1)21(25-23-19(13-31-25)27-9-11-29-23)17-7-3-4-8-18(17)22(16)26-24-20(14-32-26)28-10-12-30-24/h1-8,13-14H,9-12H2. The zero-order valence-electron chi connectivity index (χ0n) is 17.1. The number of thiophene rings is 2. The van der Waals surface area contributed by atoms with E-state index in [9.17, 15) is 0 Å². The fourth-order valence-corrected chi connectivity index (χ4v) is 6.70. The predicted molar refractivity (Wildman–Crippen MR) is 130 cm³/mol. The van der Waals surface area contributed by atoms with Crippen LogP contribution in [0.15, 0.2) is 59.3 Å². The van der Waals surface area contributed by atoms with Crippen LogP contribution in [0.2, 0.25) is 0 Å². The minimum absolute atomic E-state index is 0.573. The van der Waals surface area contributed by atoms with Gasteiger partial charge < -0.3 is 18.9 Å². The van der Waals surface area contributed by atoms with Gasteiger partial charge in [-0.05, 0) is 21.5 Å². The summed E-state index contributed by atoms with van der Waals surface area (Å²) in [5.41, 5.74) is 2.39. The van der Waals surface area contributed by atoms with Gasteiger partial charge in [0.25, 0.3) is 0 Å². The summed E-state index contributed by atoms with van der Waals surface area (Å²) in [5.74, 6) is 3.39. The van der Waals surface area contributed by atoms with Crippen LogP contribution in [-0.4, -0.2) is 26.4 Å². The van der Waals surface area contributed by atoms with Crippen molar-refractivity contribution in [3.8, 4) is 43.9 Å². The lowest BCUT2D eigenvalue weighted by Gasteiger charge is -2.20. The molecule has 4 heterocycles. The van der Waals surface area contributed by atoms with Gasteiger partial charge in [-0.15, -0.1) is 22.7 Å². The maximum absolute atomic E-state index is 6.07. The molecular weight excluding hydrogens is 440 g/mol. The zero-order valence-corrected chi connectivity index (χ0v) is 18.7. The molecule has 0 bridgehead atoms. The van der Waals surface area contributed by atoms with Crippen LogP contribution >= 0.6 is 22.7 Å². The number of ether oxygens (including phenoxy) is 4. The first-order valence-electron chi connectivity index (χ1n) is 10.6. The van der Waals surface area contributed by atoms with Crippen molar-refractivity contribution >= 4 is 44.2 Å². The fourth-order valence-electron chi connectivity index (χ4n) is 4.69. The van der Waals surface area contributed by atoms with E-state index in [0.717, 1.165) is 32.8 Å². The molecule has 0 unspecified atom stereocenters. The Labute approximate surface area is 192 Å². The molecular formula is C26H18O4S2. The van der Waals surface area contributed by atoms with Crippen molar-refractivity contribution in [1.82, 2.24) is 0 Å². The second kappa shape index (κ2) is 7.15. The van der Waals surface area contributed by atoms with Crippen LogP contribution in [0.25, 0.3) is 42.4 Å². The molecule has 5 aromatic rings. The summed E-state index contributed by atoms with van der Waals surface area (Å²) in [4.78, 5) is 2.23. The number of fused-ring (bicyclic) bond motifs is 4. The highest BCUT2D eigenvalue weighted by molar-refractivity contribution is 7.15. The van der Waals surface area contributed by atoms with E-state index >= 15 is 0 Å². The minimum atomic E-state index is 0.573. The van der Waals surface area contributed by atoms with Gasteiger partial charge in [0.2, 0.25) is 0 Å². The monoisotopic (exact) mass is 458 g/mol. The van der Waals surface area contributed by atoms with Crippen molar-refractivity contribution in [3.63, 3.8) is 0 Å². The quantitative estimate of drug-likeness (QED) is 0.267. The maximum atomic E-state index is 6.07. The molecule has 0 fully saturated rings. The highest BCUT2D eigenvalue weighted by atomic mass is 32.1. The van der Waals surface area contributed by atoms with Gasteiger partial charge in [0.1, 0.15) is 26.4 Å². The Kier molecular flexibility index (Phi) is 4.10. The highest BCUT2D eigenvalue weighted by Gasteiger charge is 2.27. The third kappa shape index (κ3) is 2.60. The Morgan fingerprint density at radius 3 is 1.28 bits per heavy atom. The van der Waals surface area contributed by atoms with Gasteiger partial charge in [0.15, 0.2) is 23.0 Å². The first kappa shape index (κ1) is 18.4. The molecule has 4 nitrogen and oxygen atoms in total. The van der Waals surface area contributed by atoms with Crippen molar-refractivity contribution in [2.75, 3.05) is 26.4 Å². The molecule has 32 heavy (non-hydrogen) atoms. The summed E-state index contributed by atoms with van der Waals surface area (Å²) in [6.45, 7) is 2.33. The fraction of sp³-hybridized carbons (Fsp3) is 0.154. The summed E-state index contributed by atoms with van der Waals surface area (Å²) in [6, 6.07) is 17.2. The molecule has 3 aromatic carbocycles. The average molecular weight is 459 g/mol. The Morgan fingerprint density at radius 1 is 0.500 bits per heavy atom. The molecule has 0 saturated carbocycles. The van der Waals surface area contributed by atoms with Gasteiger partial charge in [0, 0.05) is 21.9 Å². The highest BCUT2D eigenvalue weighted by Crippen LogP contribution is 2.54. The number of benzene rings is 3. The van der Waals surface area contributed by atoms with E-state index in [0.29, 0.717) is 26.4 Å². The van der Waals surface area contributed by atoms with E-state index < -0.39 is 0 Å². The molecule has 2 aliphatic rings. The van der Waals surface area contributed by atoms with E-state index in [4.69, 9.17) is 18.9 Å². The largest absolute Gasteiger partial charge is 0.485 e. The first-order valence-corrected chi connectivity index (χ1v) is 12.3. The topological polar surface area (TPSA) is 36.9 Å². The van der Waals surface area contributed by atoms with Crippen molar-refractivity contribution in [2.45, 2.75) is 0 Å². The Morgan fingerprint density at radius 2 is 0.875 bits per heavy atom. The van der Waals surface area contributed by atoms with Gasteiger partial charge in [-0.1, -0.05) is 48.5 Å². The van der Waals surface area contributed by atoms with Gasteiger partial charge >= 0.3 is 0 Å². The second-order valence-corrected chi connectivity index (χ2v) is 9.51. The third-order valence-corrected chi connectivity index (χ3v) is 7.90. The summed E-state index contributed by atoms with van der Waals surface area (Å²) in [6.07, 6.45) is 0. The SMILES string of the molecule is c1ccc2c(-c3scc4c3OCCO4)c3ccccc3c(-c3scc4c3OCCO4)c2c1. The molecule has 6 heteroatoms. The van der Waals surface area contributed by atoms with Crippen LogP contribution in [-0.2, 0) is 0 Å². The van der Waals surface area contributed by atoms with Crippen molar-refractivity contribution < 1.29 is 18.9 Å². The number of hydrogen-bond acceptors (Lipinski definition) is 6. The van der Waals surface area contributed by atoms with E-state index in [1.54, 1.807) is 22.7 Å². The van der Waals surface area contributed by atoms with Crippen LogP contribution in [0.4, 0.5) is 0 Å². The van der Waals surface area contributed by atoms with Gasteiger partial charge in [-0.25, -0.2) is 0 Å². The second-order valence-electron chi connectivity index (χ2n) is 7.75. The molecule has 158 valence electrons. The summed E-state index contributed by atoms with van der Waals surface area (Å²) in [7, 11) is 0. The van der Waals surface area contributed by atoms with Crippen LogP contribution in [0.1, 0.15) is 0 Å². The minimum Gasteiger partial charge on any atom is -0.485 e. The summed E-state index contributed by atoms with van der Waals surface area (Å²) in [5, 5.41) is 8.89. The maximum Gasteiger partial charge on any atom is 0.179 e. The van der Waals surface area contributed by atoms with E-state index in [-0.39, 0.29) is 0 Å². The molecule has 0 saturated heterocycles. The average Bonchev–Trinajstić information content (AvgIpc) is 3.47. The van der Waals surface area contributed by atoms with Crippen molar-refractivity contribution in [3.05, 3.63) is 59.3 Å². The number of hydrogen-bond donors (Lipinski definition) is 0. The molecule has 0 aliphatic carbocycles. The van der Waals surface area contributed by atoms with Crippen molar-refractivity contribution in [1.29, 1.82) is 0 Å². The molecule has 0 amide bonds. The Balaban J connectivity index is 1.61. The molecule has 7 rings (SSSR count). The zero-order chi connectivity index (χ0) is 21.1. The Hall–Kier alpha value is -3.22. The number of rotatable bonds is 2. The van der Waals surface area contributed by atoms with E-state index in [1.807, 2.05) is 0 Å². The van der Waals surface area contributed by atoms with E-state index in [2.05, 4.69) is 59.3 Å². The first-order chi connectivity index (χ1) is 15.9. The van der Waals surface area contributed by atoms with Gasteiger partial charge in [-0.3, -0.25) is 0 Å². The smallest absolute Gasteiger partial charge is 0.179 e. The molecule has 0 N–H and O–H groups in total.